The molecule has 1 heteroatoms. The summed E-state index contributed by atoms with van der Waals surface area (Å²) in [4.78, 5) is 0. The molecule has 0 aliphatic carbocycles. The maximum absolute atomic E-state index is 8.63. The Kier molecular flexibility index (Phi) is 5.32. The normalized spacial score (nSPS) is 12.7. The molecule has 0 fully saturated rings. The lowest BCUT2D eigenvalue weighted by Crippen LogP contribution is -1.87. The second kappa shape index (κ2) is 5.48. The average molecular weight is 142 g/mol. The van der Waals surface area contributed by atoms with Crippen LogP contribution >= 0.6 is 0 Å². The van der Waals surface area contributed by atoms with Gasteiger partial charge in [0.15, 0.2) is 0 Å². The predicted molar refractivity (Wildman–Crippen MR) is 44.9 cm³/mol. The minimum atomic E-state index is 0.206. The lowest BCUT2D eigenvalue weighted by atomic mass is 10.1. The average Bonchev–Trinajstić information content (AvgIpc) is 1.87. The molecule has 0 bridgehead atoms. The van der Waals surface area contributed by atoms with E-state index in [0.29, 0.717) is 0 Å². The number of aliphatic hydroxyl groups is 1. The van der Waals surface area contributed by atoms with Gasteiger partial charge in [-0.2, -0.15) is 0 Å². The van der Waals surface area contributed by atoms with Gasteiger partial charge in [0.25, 0.3) is 0 Å². The van der Waals surface area contributed by atoms with Crippen LogP contribution in [0.15, 0.2) is 11.6 Å². The monoisotopic (exact) mass is 142 g/mol. The van der Waals surface area contributed by atoms with E-state index >= 15 is 0 Å². The van der Waals surface area contributed by atoms with Crippen molar-refractivity contribution in [2.24, 2.45) is 5.92 Å². The SMILES string of the molecule is CC(=CCCC(C)C)CO. The molecule has 0 saturated carbocycles. The highest BCUT2D eigenvalue weighted by Gasteiger charge is 1.90. The van der Waals surface area contributed by atoms with Crippen molar-refractivity contribution < 1.29 is 5.11 Å². The highest BCUT2D eigenvalue weighted by molar-refractivity contribution is 4.97. The van der Waals surface area contributed by atoms with Gasteiger partial charge in [0.2, 0.25) is 0 Å². The van der Waals surface area contributed by atoms with Gasteiger partial charge in [0, 0.05) is 0 Å². The van der Waals surface area contributed by atoms with Crippen molar-refractivity contribution >= 4 is 0 Å². The van der Waals surface area contributed by atoms with Crippen LogP contribution in [0.3, 0.4) is 0 Å². The quantitative estimate of drug-likeness (QED) is 0.597. The Balaban J connectivity index is 3.34. The third-order valence-corrected chi connectivity index (χ3v) is 1.49. The molecule has 0 atom stereocenters. The van der Waals surface area contributed by atoms with Gasteiger partial charge in [-0.25, -0.2) is 0 Å². The van der Waals surface area contributed by atoms with Crippen LogP contribution < -0.4 is 0 Å². The summed E-state index contributed by atoms with van der Waals surface area (Å²) in [5.74, 6) is 0.766. The standard InChI is InChI=1S/C9H18O/c1-8(2)5-4-6-9(3)7-10/h6,8,10H,4-5,7H2,1-3H3. The van der Waals surface area contributed by atoms with Crippen LogP contribution in [-0.2, 0) is 0 Å². The third kappa shape index (κ3) is 5.83. The summed E-state index contributed by atoms with van der Waals surface area (Å²) in [6, 6.07) is 0. The highest BCUT2D eigenvalue weighted by Crippen LogP contribution is 2.05. The molecule has 10 heavy (non-hydrogen) atoms. The summed E-state index contributed by atoms with van der Waals surface area (Å²) >= 11 is 0. The number of aliphatic hydroxyl groups excluding tert-OH is 1. The molecule has 0 heterocycles. The Morgan fingerprint density at radius 2 is 2.10 bits per heavy atom. The van der Waals surface area contributed by atoms with Crippen LogP contribution in [0.4, 0.5) is 0 Å². The minimum Gasteiger partial charge on any atom is -0.392 e. The van der Waals surface area contributed by atoms with Gasteiger partial charge in [-0.05, 0) is 25.7 Å². The Bertz CT molecular complexity index is 103. The first-order valence-corrected chi connectivity index (χ1v) is 3.93. The molecule has 0 aromatic heterocycles. The fourth-order valence-electron chi connectivity index (χ4n) is 0.728. The molecular formula is C9H18O. The van der Waals surface area contributed by atoms with Crippen LogP contribution in [0.5, 0.6) is 0 Å². The summed E-state index contributed by atoms with van der Waals surface area (Å²) in [7, 11) is 0. The Labute approximate surface area is 63.8 Å². The summed E-state index contributed by atoms with van der Waals surface area (Å²) in [5, 5.41) is 8.63. The lowest BCUT2D eigenvalue weighted by Gasteiger charge is -2.00. The van der Waals surface area contributed by atoms with E-state index < -0.39 is 0 Å². The maximum atomic E-state index is 8.63. The Morgan fingerprint density at radius 1 is 1.50 bits per heavy atom. The van der Waals surface area contributed by atoms with E-state index in [0.717, 1.165) is 17.9 Å². The molecule has 0 saturated heterocycles. The minimum absolute atomic E-state index is 0.206. The summed E-state index contributed by atoms with van der Waals surface area (Å²) in [6.07, 6.45) is 4.43. The largest absolute Gasteiger partial charge is 0.392 e. The van der Waals surface area contributed by atoms with Crippen molar-refractivity contribution in [3.63, 3.8) is 0 Å². The lowest BCUT2D eigenvalue weighted by molar-refractivity contribution is 0.330. The van der Waals surface area contributed by atoms with E-state index in [1.54, 1.807) is 0 Å². The van der Waals surface area contributed by atoms with Crippen molar-refractivity contribution in [3.05, 3.63) is 11.6 Å². The zero-order chi connectivity index (χ0) is 7.98. The van der Waals surface area contributed by atoms with Crippen LogP contribution in [0, 0.1) is 5.92 Å². The first kappa shape index (κ1) is 9.70. The molecule has 0 radical (unpaired) electrons. The number of allylic oxidation sites excluding steroid dienone is 1. The van der Waals surface area contributed by atoms with E-state index in [1.807, 2.05) is 6.92 Å². The molecule has 0 unspecified atom stereocenters. The van der Waals surface area contributed by atoms with Gasteiger partial charge in [0.1, 0.15) is 0 Å². The van der Waals surface area contributed by atoms with Gasteiger partial charge < -0.3 is 5.11 Å². The molecule has 60 valence electrons. The summed E-state index contributed by atoms with van der Waals surface area (Å²) < 4.78 is 0. The van der Waals surface area contributed by atoms with Crippen LogP contribution in [0.2, 0.25) is 0 Å². The second-order valence-electron chi connectivity index (χ2n) is 3.18. The third-order valence-electron chi connectivity index (χ3n) is 1.49. The first-order chi connectivity index (χ1) is 4.66. The summed E-state index contributed by atoms with van der Waals surface area (Å²) in [5.41, 5.74) is 1.08. The molecule has 0 rings (SSSR count). The van der Waals surface area contributed by atoms with Crippen molar-refractivity contribution in [1.82, 2.24) is 0 Å². The maximum Gasteiger partial charge on any atom is 0.0639 e. The van der Waals surface area contributed by atoms with E-state index in [1.165, 1.54) is 6.42 Å². The van der Waals surface area contributed by atoms with E-state index in [2.05, 4.69) is 19.9 Å². The highest BCUT2D eigenvalue weighted by atomic mass is 16.3. The van der Waals surface area contributed by atoms with Gasteiger partial charge in [-0.3, -0.25) is 0 Å². The van der Waals surface area contributed by atoms with Crippen molar-refractivity contribution in [2.75, 3.05) is 6.61 Å². The molecule has 1 N–H and O–H groups in total. The Hall–Kier alpha value is -0.300. The number of hydrogen-bond donors (Lipinski definition) is 1. The Morgan fingerprint density at radius 3 is 2.50 bits per heavy atom. The fraction of sp³-hybridized carbons (Fsp3) is 0.778. The van der Waals surface area contributed by atoms with Gasteiger partial charge in [0.05, 0.1) is 6.61 Å². The van der Waals surface area contributed by atoms with Gasteiger partial charge in [-0.15, -0.1) is 0 Å². The topological polar surface area (TPSA) is 20.2 Å². The van der Waals surface area contributed by atoms with Crippen LogP contribution in [-0.4, -0.2) is 11.7 Å². The van der Waals surface area contributed by atoms with E-state index in [4.69, 9.17) is 5.11 Å². The van der Waals surface area contributed by atoms with Gasteiger partial charge >= 0.3 is 0 Å². The fourth-order valence-corrected chi connectivity index (χ4v) is 0.728. The zero-order valence-corrected chi connectivity index (χ0v) is 7.22. The molecule has 0 aromatic carbocycles. The molecule has 0 amide bonds. The molecule has 0 aliphatic rings. The molecular weight excluding hydrogens is 124 g/mol. The van der Waals surface area contributed by atoms with Crippen molar-refractivity contribution in [3.8, 4) is 0 Å². The van der Waals surface area contributed by atoms with E-state index in [9.17, 15) is 0 Å². The zero-order valence-electron chi connectivity index (χ0n) is 7.22. The van der Waals surface area contributed by atoms with Crippen molar-refractivity contribution in [1.29, 1.82) is 0 Å². The molecule has 1 nitrogen and oxygen atoms in total. The molecule has 0 aromatic rings. The molecule has 0 spiro atoms. The van der Waals surface area contributed by atoms with Gasteiger partial charge in [-0.1, -0.05) is 25.5 Å². The van der Waals surface area contributed by atoms with Crippen LogP contribution in [0.1, 0.15) is 33.6 Å². The first-order valence-electron chi connectivity index (χ1n) is 3.93. The second-order valence-corrected chi connectivity index (χ2v) is 3.18. The van der Waals surface area contributed by atoms with Crippen molar-refractivity contribution in [2.45, 2.75) is 33.6 Å². The van der Waals surface area contributed by atoms with E-state index in [-0.39, 0.29) is 6.61 Å². The smallest absolute Gasteiger partial charge is 0.0639 e. The number of rotatable bonds is 4. The number of hydrogen-bond acceptors (Lipinski definition) is 1. The van der Waals surface area contributed by atoms with Crippen LogP contribution in [0.25, 0.3) is 0 Å². The molecule has 0 aliphatic heterocycles. The summed E-state index contributed by atoms with van der Waals surface area (Å²) in [6.45, 7) is 6.59. The predicted octanol–water partition coefficient (Wildman–Crippen LogP) is 2.36.